The first kappa shape index (κ1) is 23.8. The summed E-state index contributed by atoms with van der Waals surface area (Å²) in [4.78, 5) is 17.6. The van der Waals surface area contributed by atoms with E-state index in [2.05, 4.69) is 15.4 Å². The fraction of sp³-hybridized carbons (Fsp3) is 0.273. The Morgan fingerprint density at radius 3 is 2.33 bits per heavy atom. The molecule has 3 aromatic rings. The van der Waals surface area contributed by atoms with E-state index in [0.29, 0.717) is 31.3 Å². The van der Waals surface area contributed by atoms with Gasteiger partial charge < -0.3 is 5.32 Å². The molecule has 1 aliphatic heterocycles. The van der Waals surface area contributed by atoms with E-state index in [1.165, 1.54) is 11.3 Å². The van der Waals surface area contributed by atoms with Crippen LogP contribution in [0.1, 0.15) is 38.4 Å². The van der Waals surface area contributed by atoms with E-state index in [0.717, 1.165) is 5.71 Å². The third kappa shape index (κ3) is 4.82. The van der Waals surface area contributed by atoms with Crippen LogP contribution in [0.15, 0.2) is 54.2 Å². The lowest BCUT2D eigenvalue weighted by Gasteiger charge is -2.30. The van der Waals surface area contributed by atoms with Crippen molar-refractivity contribution in [2.75, 3.05) is 5.32 Å². The Kier molecular flexibility index (Phi) is 6.60. The van der Waals surface area contributed by atoms with Crippen molar-refractivity contribution < 1.29 is 4.79 Å². The van der Waals surface area contributed by atoms with Crippen LogP contribution in [0, 0.1) is 5.41 Å². The van der Waals surface area contributed by atoms with Crippen molar-refractivity contribution in [2.45, 2.75) is 32.9 Å². The molecular weight excluding hydrogens is 506 g/mol. The van der Waals surface area contributed by atoms with Crippen molar-refractivity contribution in [2.24, 2.45) is 10.5 Å². The number of anilines is 1. The summed E-state index contributed by atoms with van der Waals surface area (Å²) in [6.45, 7) is 6.07. The molecule has 2 unspecified atom stereocenters. The third-order valence-electron chi connectivity index (χ3n) is 5.21. The van der Waals surface area contributed by atoms with Crippen LogP contribution in [0.2, 0.25) is 20.1 Å². The minimum absolute atomic E-state index is 0.326. The molecule has 0 aliphatic carbocycles. The fourth-order valence-electron chi connectivity index (χ4n) is 3.71. The Hall–Kier alpha value is -2.32. The molecule has 1 N–H and O–H groups in total. The number of carbonyl (C=O) groups excluding carboxylic acids is 1. The quantitative estimate of drug-likeness (QED) is 0.395. The average molecular weight is 526 g/mol. The van der Waals surface area contributed by atoms with Crippen LogP contribution in [-0.2, 0) is 0 Å². The molecule has 2 aromatic carbocycles. The summed E-state index contributed by atoms with van der Waals surface area (Å²) in [7, 11) is 0. The molecule has 0 bridgehead atoms. The lowest BCUT2D eigenvalue weighted by molar-refractivity contribution is 0.188. The molecule has 2 heterocycles. The molecule has 2 atom stereocenters. The first-order valence-corrected chi connectivity index (χ1v) is 11.5. The summed E-state index contributed by atoms with van der Waals surface area (Å²) < 4.78 is 1.69. The lowest BCUT2D eigenvalue weighted by atomic mass is 9.82. The summed E-state index contributed by atoms with van der Waals surface area (Å²) in [5.41, 5.74) is 1.51. The van der Waals surface area contributed by atoms with Crippen molar-refractivity contribution >= 4 is 63.8 Å². The van der Waals surface area contributed by atoms with Crippen LogP contribution in [0.5, 0.6) is 0 Å². The number of hydrazone groups is 1. The Bertz CT molecular complexity index is 1220. The molecule has 0 saturated carbocycles. The second-order valence-electron chi connectivity index (χ2n) is 8.57. The van der Waals surface area contributed by atoms with Gasteiger partial charge in [0.25, 0.3) is 0 Å². The smallest absolute Gasteiger partial charge is 0.306 e. The molecule has 0 saturated heterocycles. The molecule has 0 radical (unpaired) electrons. The second kappa shape index (κ2) is 9.14. The van der Waals surface area contributed by atoms with Gasteiger partial charge in [-0.2, -0.15) is 10.2 Å². The predicted octanol–water partition coefficient (Wildman–Crippen LogP) is 7.12. The van der Waals surface area contributed by atoms with Gasteiger partial charge in [0.05, 0.1) is 15.8 Å². The van der Waals surface area contributed by atoms with Crippen LogP contribution in [0.4, 0.5) is 10.5 Å². The van der Waals surface area contributed by atoms with Gasteiger partial charge in [0.1, 0.15) is 24.7 Å². The number of rotatable bonds is 3. The van der Waals surface area contributed by atoms with E-state index in [4.69, 9.17) is 51.5 Å². The van der Waals surface area contributed by atoms with Crippen LogP contribution in [-0.4, -0.2) is 31.5 Å². The number of hydrogen-bond acceptors (Lipinski definition) is 4. The normalized spacial score (nSPS) is 18.4. The molecule has 7 nitrogen and oxygen atoms in total. The molecule has 4 rings (SSSR count). The van der Waals surface area contributed by atoms with E-state index < -0.39 is 18.1 Å². The number of hydrogen-bond donors (Lipinski definition) is 1. The molecule has 1 aliphatic rings. The Balaban J connectivity index is 1.82. The summed E-state index contributed by atoms with van der Waals surface area (Å²) in [6.07, 6.45) is 3.04. The number of aromatic nitrogens is 3. The Labute approximate surface area is 211 Å². The van der Waals surface area contributed by atoms with Gasteiger partial charge in [-0.25, -0.2) is 19.5 Å². The van der Waals surface area contributed by atoms with Crippen LogP contribution in [0.3, 0.4) is 0 Å². The van der Waals surface area contributed by atoms with E-state index in [1.807, 2.05) is 20.8 Å². The van der Waals surface area contributed by atoms with Gasteiger partial charge in [0, 0.05) is 21.1 Å². The highest BCUT2D eigenvalue weighted by molar-refractivity contribution is 6.42. The third-order valence-corrected chi connectivity index (χ3v) is 6.51. The average Bonchev–Trinajstić information content (AvgIpc) is 3.38. The van der Waals surface area contributed by atoms with E-state index in [-0.39, 0.29) is 5.41 Å². The van der Waals surface area contributed by atoms with Crippen molar-refractivity contribution in [1.29, 1.82) is 0 Å². The first-order chi connectivity index (χ1) is 15.6. The van der Waals surface area contributed by atoms with Crippen LogP contribution >= 0.6 is 46.4 Å². The molecule has 0 spiro atoms. The first-order valence-electron chi connectivity index (χ1n) is 9.99. The maximum Gasteiger partial charge on any atom is 0.342 e. The van der Waals surface area contributed by atoms with Crippen molar-refractivity contribution in [3.05, 3.63) is 74.7 Å². The molecule has 2 amide bonds. The minimum Gasteiger partial charge on any atom is -0.306 e. The highest BCUT2D eigenvalue weighted by Crippen LogP contribution is 2.46. The van der Waals surface area contributed by atoms with Crippen LogP contribution in [0.25, 0.3) is 0 Å². The largest absolute Gasteiger partial charge is 0.342 e. The lowest BCUT2D eigenvalue weighted by Crippen LogP contribution is -2.36. The topological polar surface area (TPSA) is 75.4 Å². The van der Waals surface area contributed by atoms with Gasteiger partial charge in [0.15, 0.2) is 0 Å². The van der Waals surface area contributed by atoms with Gasteiger partial charge >= 0.3 is 6.03 Å². The Morgan fingerprint density at radius 1 is 0.970 bits per heavy atom. The predicted molar refractivity (Wildman–Crippen MR) is 132 cm³/mol. The summed E-state index contributed by atoms with van der Waals surface area (Å²) in [5, 5.41) is 14.9. The molecule has 11 heteroatoms. The van der Waals surface area contributed by atoms with Crippen molar-refractivity contribution in [3.63, 3.8) is 0 Å². The zero-order valence-corrected chi connectivity index (χ0v) is 21.0. The zero-order chi connectivity index (χ0) is 23.9. The number of amides is 2. The monoisotopic (exact) mass is 524 g/mol. The zero-order valence-electron chi connectivity index (χ0n) is 17.9. The fourth-order valence-corrected chi connectivity index (χ4v) is 4.53. The summed E-state index contributed by atoms with van der Waals surface area (Å²) in [6, 6.07) is 8.50. The number of nitrogens with one attached hydrogen (secondary N) is 1. The number of carbonyl (C=O) groups is 1. The van der Waals surface area contributed by atoms with Crippen molar-refractivity contribution in [1.82, 2.24) is 19.8 Å². The summed E-state index contributed by atoms with van der Waals surface area (Å²) in [5.74, 6) is 0. The van der Waals surface area contributed by atoms with Gasteiger partial charge in [-0.1, -0.05) is 73.2 Å². The van der Waals surface area contributed by atoms with Crippen LogP contribution < -0.4 is 5.32 Å². The molecule has 33 heavy (non-hydrogen) atoms. The number of urea groups is 1. The highest BCUT2D eigenvalue weighted by atomic mass is 35.5. The molecular formula is C22H20Cl4N6O. The number of halogens is 4. The molecule has 172 valence electrons. The highest BCUT2D eigenvalue weighted by Gasteiger charge is 2.47. The summed E-state index contributed by atoms with van der Waals surface area (Å²) >= 11 is 24.9. The van der Waals surface area contributed by atoms with Gasteiger partial charge in [-0.3, -0.25) is 0 Å². The minimum atomic E-state index is -0.603. The SMILES string of the molecule is CC(C)(C)C1=NN(C(=O)Nc2ccc(Cl)c(Cl)c2)C(c2ccc(Cl)cc2Cl)C1n1cncn1. The number of nitrogens with zero attached hydrogens (tertiary/aromatic N) is 5. The standard InChI is InChI=1S/C22H20Cl4N6O/c1-22(2,3)20-19(31-11-27-10-28-31)18(14-6-4-12(23)8-16(14)25)32(30-20)21(33)29-13-5-7-15(24)17(26)9-13/h4-11,18-19H,1-3H3,(H,29,33). The Morgan fingerprint density at radius 2 is 1.73 bits per heavy atom. The maximum absolute atomic E-state index is 13.5. The molecule has 0 fully saturated rings. The molecule has 1 aromatic heterocycles. The van der Waals surface area contributed by atoms with E-state index >= 15 is 0 Å². The van der Waals surface area contributed by atoms with Gasteiger partial charge in [0.2, 0.25) is 0 Å². The maximum atomic E-state index is 13.5. The van der Waals surface area contributed by atoms with Gasteiger partial charge in [-0.05, 0) is 35.9 Å². The number of benzene rings is 2. The van der Waals surface area contributed by atoms with Crippen molar-refractivity contribution in [3.8, 4) is 0 Å². The van der Waals surface area contributed by atoms with E-state index in [9.17, 15) is 4.79 Å². The second-order valence-corrected chi connectivity index (χ2v) is 10.2. The van der Waals surface area contributed by atoms with E-state index in [1.54, 1.807) is 47.4 Å². The van der Waals surface area contributed by atoms with Gasteiger partial charge in [-0.15, -0.1) is 0 Å².